The van der Waals surface area contributed by atoms with Gasteiger partial charge in [0.05, 0.1) is 11.3 Å². The third-order valence-corrected chi connectivity index (χ3v) is 4.35. The van der Waals surface area contributed by atoms with Crippen LogP contribution in [0.1, 0.15) is 16.8 Å². The zero-order valence-corrected chi connectivity index (χ0v) is 13.6. The van der Waals surface area contributed by atoms with Crippen molar-refractivity contribution in [2.75, 3.05) is 26.2 Å². The highest BCUT2D eigenvalue weighted by Gasteiger charge is 2.30. The molecule has 1 saturated heterocycles. The van der Waals surface area contributed by atoms with E-state index in [0.717, 1.165) is 38.4 Å². The van der Waals surface area contributed by atoms with E-state index in [1.54, 1.807) is 12.1 Å². The molecule has 0 N–H and O–H groups in total. The highest BCUT2D eigenvalue weighted by Crippen LogP contribution is 2.28. The van der Waals surface area contributed by atoms with Gasteiger partial charge in [-0.15, -0.1) is 0 Å². The fourth-order valence-electron chi connectivity index (χ4n) is 2.89. The third kappa shape index (κ3) is 4.76. The van der Waals surface area contributed by atoms with Crippen molar-refractivity contribution in [3.05, 3.63) is 65.2 Å². The predicted molar refractivity (Wildman–Crippen MR) is 86.2 cm³/mol. The zero-order chi connectivity index (χ0) is 17.9. The highest BCUT2D eigenvalue weighted by molar-refractivity contribution is 5.18. The van der Waals surface area contributed by atoms with Crippen molar-refractivity contribution in [2.24, 2.45) is 0 Å². The average Bonchev–Trinajstić information content (AvgIpc) is 2.58. The Kier molecular flexibility index (Phi) is 5.34. The summed E-state index contributed by atoms with van der Waals surface area (Å²) in [4.78, 5) is 8.23. The molecule has 0 saturated carbocycles. The lowest BCUT2D eigenvalue weighted by molar-refractivity contribution is -0.137. The maximum atomic E-state index is 13.7. The first kappa shape index (κ1) is 17.8. The number of aromatic nitrogens is 1. The molecule has 7 heteroatoms. The van der Waals surface area contributed by atoms with E-state index < -0.39 is 11.7 Å². The first-order valence-electron chi connectivity index (χ1n) is 8.12. The molecule has 1 aliphatic heterocycles. The molecule has 2 aromatic rings. The fourth-order valence-corrected chi connectivity index (χ4v) is 2.89. The Morgan fingerprint density at radius 3 is 2.08 bits per heavy atom. The van der Waals surface area contributed by atoms with Crippen LogP contribution in [0.4, 0.5) is 17.6 Å². The molecular weight excluding hydrogens is 334 g/mol. The van der Waals surface area contributed by atoms with Crippen LogP contribution < -0.4 is 0 Å². The van der Waals surface area contributed by atoms with E-state index in [1.807, 2.05) is 6.07 Å². The average molecular weight is 353 g/mol. The zero-order valence-electron chi connectivity index (χ0n) is 13.6. The van der Waals surface area contributed by atoms with Crippen LogP contribution in [0.15, 0.2) is 42.6 Å². The molecule has 1 aromatic carbocycles. The van der Waals surface area contributed by atoms with E-state index in [0.29, 0.717) is 24.3 Å². The second kappa shape index (κ2) is 7.49. The van der Waals surface area contributed by atoms with Gasteiger partial charge in [0.15, 0.2) is 0 Å². The standard InChI is InChI=1S/C18H19F4N3/c19-17-4-2-1-3-14(17)12-24-7-9-25(10-8-24)13-16-6-5-15(11-23-16)18(20,21)22/h1-6,11H,7-10,12-13H2. The predicted octanol–water partition coefficient (Wildman–Crippen LogP) is 3.56. The van der Waals surface area contributed by atoms with Crippen molar-refractivity contribution in [1.29, 1.82) is 0 Å². The molecule has 0 spiro atoms. The molecule has 1 fully saturated rings. The van der Waals surface area contributed by atoms with Crippen molar-refractivity contribution < 1.29 is 17.6 Å². The van der Waals surface area contributed by atoms with E-state index >= 15 is 0 Å². The molecule has 0 bridgehead atoms. The maximum Gasteiger partial charge on any atom is 0.417 e. The van der Waals surface area contributed by atoms with Crippen molar-refractivity contribution in [1.82, 2.24) is 14.8 Å². The van der Waals surface area contributed by atoms with Gasteiger partial charge in [-0.25, -0.2) is 4.39 Å². The van der Waals surface area contributed by atoms with Gasteiger partial charge in [0.1, 0.15) is 5.82 Å². The largest absolute Gasteiger partial charge is 0.417 e. The van der Waals surface area contributed by atoms with E-state index in [4.69, 9.17) is 0 Å². The van der Waals surface area contributed by atoms with Gasteiger partial charge >= 0.3 is 6.18 Å². The number of benzene rings is 1. The Morgan fingerprint density at radius 2 is 1.52 bits per heavy atom. The molecule has 0 amide bonds. The number of hydrogen-bond acceptors (Lipinski definition) is 3. The lowest BCUT2D eigenvalue weighted by Crippen LogP contribution is -2.45. The highest BCUT2D eigenvalue weighted by atomic mass is 19.4. The van der Waals surface area contributed by atoms with Gasteiger partial charge in [0.2, 0.25) is 0 Å². The first-order chi connectivity index (χ1) is 11.9. The smallest absolute Gasteiger partial charge is 0.296 e. The van der Waals surface area contributed by atoms with Crippen LogP contribution in [0, 0.1) is 5.82 Å². The number of halogens is 4. The van der Waals surface area contributed by atoms with Gasteiger partial charge < -0.3 is 0 Å². The van der Waals surface area contributed by atoms with Gasteiger partial charge in [0, 0.05) is 51.0 Å². The molecule has 0 atom stereocenters. The molecule has 2 heterocycles. The summed E-state index contributed by atoms with van der Waals surface area (Å²) in [5.74, 6) is -0.195. The summed E-state index contributed by atoms with van der Waals surface area (Å²) in [5, 5.41) is 0. The molecule has 134 valence electrons. The maximum absolute atomic E-state index is 13.7. The van der Waals surface area contributed by atoms with Gasteiger partial charge in [0.25, 0.3) is 0 Å². The Labute approximate surface area is 143 Å². The van der Waals surface area contributed by atoms with Crippen molar-refractivity contribution >= 4 is 0 Å². The Morgan fingerprint density at radius 1 is 0.880 bits per heavy atom. The number of rotatable bonds is 4. The molecule has 0 unspecified atom stereocenters. The topological polar surface area (TPSA) is 19.4 Å². The van der Waals surface area contributed by atoms with Gasteiger partial charge in [-0.05, 0) is 18.2 Å². The number of nitrogens with zero attached hydrogens (tertiary/aromatic N) is 3. The van der Waals surface area contributed by atoms with Gasteiger partial charge in [-0.1, -0.05) is 18.2 Å². The fraction of sp³-hybridized carbons (Fsp3) is 0.389. The second-order valence-corrected chi connectivity index (χ2v) is 6.18. The molecule has 0 aliphatic carbocycles. The van der Waals surface area contributed by atoms with Crippen LogP contribution in [0.5, 0.6) is 0 Å². The second-order valence-electron chi connectivity index (χ2n) is 6.18. The molecule has 3 rings (SSSR count). The number of alkyl halides is 3. The summed E-state index contributed by atoms with van der Waals surface area (Å²) in [6, 6.07) is 9.24. The first-order valence-corrected chi connectivity index (χ1v) is 8.12. The van der Waals surface area contributed by atoms with Crippen LogP contribution in [-0.2, 0) is 19.3 Å². The number of hydrogen-bond donors (Lipinski definition) is 0. The van der Waals surface area contributed by atoms with Crippen molar-refractivity contribution in [3.8, 4) is 0 Å². The Hall–Kier alpha value is -1.99. The Balaban J connectivity index is 1.50. The van der Waals surface area contributed by atoms with Crippen LogP contribution in [0.2, 0.25) is 0 Å². The summed E-state index contributed by atoms with van der Waals surface area (Å²) in [6.07, 6.45) is -3.48. The summed E-state index contributed by atoms with van der Waals surface area (Å²) in [7, 11) is 0. The summed E-state index contributed by atoms with van der Waals surface area (Å²) < 4.78 is 51.3. The molecule has 0 radical (unpaired) electrons. The lowest BCUT2D eigenvalue weighted by atomic mass is 10.2. The minimum Gasteiger partial charge on any atom is -0.296 e. The summed E-state index contributed by atoms with van der Waals surface area (Å²) in [6.45, 7) is 4.21. The van der Waals surface area contributed by atoms with Crippen molar-refractivity contribution in [3.63, 3.8) is 0 Å². The summed E-state index contributed by atoms with van der Waals surface area (Å²) in [5.41, 5.74) is 0.571. The lowest BCUT2D eigenvalue weighted by Gasteiger charge is -2.34. The molecule has 1 aliphatic rings. The molecular formula is C18H19F4N3. The van der Waals surface area contributed by atoms with E-state index in [2.05, 4.69) is 14.8 Å². The number of piperazine rings is 1. The quantitative estimate of drug-likeness (QED) is 0.784. The van der Waals surface area contributed by atoms with E-state index in [-0.39, 0.29) is 5.82 Å². The normalized spacial score (nSPS) is 17.0. The van der Waals surface area contributed by atoms with Crippen LogP contribution >= 0.6 is 0 Å². The molecule has 1 aromatic heterocycles. The van der Waals surface area contributed by atoms with Crippen LogP contribution in [0.3, 0.4) is 0 Å². The van der Waals surface area contributed by atoms with Crippen LogP contribution in [0.25, 0.3) is 0 Å². The van der Waals surface area contributed by atoms with E-state index in [9.17, 15) is 17.6 Å². The van der Waals surface area contributed by atoms with Crippen LogP contribution in [-0.4, -0.2) is 41.0 Å². The minimum absolute atomic E-state index is 0.195. The molecule has 25 heavy (non-hydrogen) atoms. The Bertz CT molecular complexity index is 692. The SMILES string of the molecule is Fc1ccccc1CN1CCN(Cc2ccc(C(F)(F)F)cn2)CC1. The number of pyridine rings is 1. The van der Waals surface area contributed by atoms with Crippen molar-refractivity contribution in [2.45, 2.75) is 19.3 Å². The van der Waals surface area contributed by atoms with E-state index in [1.165, 1.54) is 12.1 Å². The summed E-state index contributed by atoms with van der Waals surface area (Å²) >= 11 is 0. The van der Waals surface area contributed by atoms with Gasteiger partial charge in [-0.2, -0.15) is 13.2 Å². The monoisotopic (exact) mass is 353 g/mol. The van der Waals surface area contributed by atoms with Gasteiger partial charge in [-0.3, -0.25) is 14.8 Å². The minimum atomic E-state index is -4.36. The third-order valence-electron chi connectivity index (χ3n) is 4.35. The molecule has 3 nitrogen and oxygen atoms in total.